The molecule has 7 nitrogen and oxygen atoms in total. The zero-order valence-corrected chi connectivity index (χ0v) is 19.1. The van der Waals surface area contributed by atoms with Gasteiger partial charge in [-0.3, -0.25) is 14.5 Å². The number of hydrogen-bond donors (Lipinski definition) is 1. The van der Waals surface area contributed by atoms with Crippen molar-refractivity contribution >= 4 is 33.4 Å². The van der Waals surface area contributed by atoms with Gasteiger partial charge in [0.1, 0.15) is 11.2 Å². The van der Waals surface area contributed by atoms with Crippen molar-refractivity contribution in [2.45, 2.75) is 57.2 Å². The highest BCUT2D eigenvalue weighted by Gasteiger charge is 2.48. The van der Waals surface area contributed by atoms with Crippen molar-refractivity contribution in [3.63, 3.8) is 0 Å². The van der Waals surface area contributed by atoms with Crippen LogP contribution in [0.25, 0.3) is 10.2 Å². The summed E-state index contributed by atoms with van der Waals surface area (Å²) in [4.78, 5) is 31.4. The Morgan fingerprint density at radius 1 is 1.26 bits per heavy atom. The van der Waals surface area contributed by atoms with E-state index in [1.807, 2.05) is 23.3 Å². The molecule has 8 heteroatoms. The van der Waals surface area contributed by atoms with Gasteiger partial charge in [-0.05, 0) is 43.7 Å². The number of hydrogen-bond acceptors (Lipinski definition) is 5. The molecule has 0 aromatic carbocycles. The minimum atomic E-state index is -0.883. The average molecular weight is 445 g/mol. The lowest BCUT2D eigenvalue weighted by Crippen LogP contribution is -2.65. The van der Waals surface area contributed by atoms with Gasteiger partial charge in [0.15, 0.2) is 0 Å². The average Bonchev–Trinajstić information content (AvgIpc) is 3.50. The zero-order chi connectivity index (χ0) is 21.4. The van der Waals surface area contributed by atoms with E-state index in [-0.39, 0.29) is 17.9 Å². The summed E-state index contributed by atoms with van der Waals surface area (Å²) in [6.07, 6.45) is 5.27. The standard InChI is InChI=1S/C23H32N4O3S/c1-23(22(29)24-17-5-2-3-6-17)16-26-18-7-14-31-20(18)15-19(26)21(28)27(23)9-4-8-25-10-12-30-13-11-25/h7,14-15,17H,2-6,8-13,16H2,1H3,(H,24,29)/t23-/m0/s1. The molecule has 1 saturated heterocycles. The minimum Gasteiger partial charge on any atom is -0.379 e. The molecule has 2 aromatic heterocycles. The number of carbonyl (C=O) groups excluding carboxylic acids is 2. The van der Waals surface area contributed by atoms with Crippen LogP contribution in [0.1, 0.15) is 49.5 Å². The normalized spacial score (nSPS) is 25.3. The number of morpholine rings is 1. The van der Waals surface area contributed by atoms with E-state index in [9.17, 15) is 9.59 Å². The highest BCUT2D eigenvalue weighted by molar-refractivity contribution is 7.17. The van der Waals surface area contributed by atoms with Crippen molar-refractivity contribution in [1.82, 2.24) is 19.7 Å². The minimum absolute atomic E-state index is 0.0122. The first-order valence-electron chi connectivity index (χ1n) is 11.6. The third-order valence-corrected chi connectivity index (χ3v) is 8.04. The van der Waals surface area contributed by atoms with Crippen LogP contribution in [0.15, 0.2) is 17.5 Å². The van der Waals surface area contributed by atoms with Crippen LogP contribution in [0.3, 0.4) is 0 Å². The molecule has 0 unspecified atom stereocenters. The van der Waals surface area contributed by atoms with Crippen LogP contribution in [0, 0.1) is 0 Å². The lowest BCUT2D eigenvalue weighted by atomic mass is 9.93. The van der Waals surface area contributed by atoms with Crippen LogP contribution < -0.4 is 5.32 Å². The molecule has 0 radical (unpaired) electrons. The molecule has 2 aliphatic heterocycles. The van der Waals surface area contributed by atoms with Gasteiger partial charge in [-0.1, -0.05) is 12.8 Å². The Kier molecular flexibility index (Phi) is 5.79. The van der Waals surface area contributed by atoms with Gasteiger partial charge >= 0.3 is 0 Å². The molecule has 2 amide bonds. The van der Waals surface area contributed by atoms with Crippen LogP contribution in [0.5, 0.6) is 0 Å². The molecule has 2 aromatic rings. The summed E-state index contributed by atoms with van der Waals surface area (Å²) in [6.45, 7) is 7.38. The summed E-state index contributed by atoms with van der Waals surface area (Å²) in [5, 5.41) is 5.32. The fourth-order valence-electron chi connectivity index (χ4n) is 5.31. The van der Waals surface area contributed by atoms with Crippen molar-refractivity contribution in [2.75, 3.05) is 39.4 Å². The summed E-state index contributed by atoms with van der Waals surface area (Å²) >= 11 is 1.64. The van der Waals surface area contributed by atoms with Crippen molar-refractivity contribution in [3.05, 3.63) is 23.2 Å². The predicted molar refractivity (Wildman–Crippen MR) is 122 cm³/mol. The monoisotopic (exact) mass is 444 g/mol. The second-order valence-corrected chi connectivity index (χ2v) is 10.2. The molecule has 5 rings (SSSR count). The molecule has 2 fully saturated rings. The van der Waals surface area contributed by atoms with E-state index in [0.29, 0.717) is 18.8 Å². The summed E-state index contributed by atoms with van der Waals surface area (Å²) in [7, 11) is 0. The summed E-state index contributed by atoms with van der Waals surface area (Å²) in [5.41, 5.74) is 0.881. The zero-order valence-electron chi connectivity index (χ0n) is 18.3. The first-order chi connectivity index (χ1) is 15.1. The lowest BCUT2D eigenvalue weighted by Gasteiger charge is -2.44. The number of ether oxygens (including phenoxy) is 1. The fourth-order valence-corrected chi connectivity index (χ4v) is 6.13. The largest absolute Gasteiger partial charge is 0.379 e. The maximum Gasteiger partial charge on any atom is 0.271 e. The number of nitrogens with zero attached hydrogens (tertiary/aromatic N) is 3. The predicted octanol–water partition coefficient (Wildman–Crippen LogP) is 2.70. The van der Waals surface area contributed by atoms with Gasteiger partial charge in [0, 0.05) is 32.2 Å². The molecule has 1 saturated carbocycles. The molecule has 1 atom stereocenters. The first kappa shape index (κ1) is 21.0. The first-order valence-corrected chi connectivity index (χ1v) is 12.4. The maximum atomic E-state index is 13.6. The number of rotatable bonds is 6. The third-order valence-electron chi connectivity index (χ3n) is 7.19. The van der Waals surface area contributed by atoms with E-state index in [1.54, 1.807) is 11.3 Å². The lowest BCUT2D eigenvalue weighted by molar-refractivity contribution is -0.133. The highest BCUT2D eigenvalue weighted by Crippen LogP contribution is 2.34. The van der Waals surface area contributed by atoms with Gasteiger partial charge in [0.2, 0.25) is 5.91 Å². The Bertz CT molecular complexity index is 957. The van der Waals surface area contributed by atoms with Gasteiger partial charge in [-0.25, -0.2) is 0 Å². The Morgan fingerprint density at radius 3 is 2.81 bits per heavy atom. The number of carbonyl (C=O) groups is 2. The Morgan fingerprint density at radius 2 is 2.03 bits per heavy atom. The summed E-state index contributed by atoms with van der Waals surface area (Å²) in [5.74, 6) is -0.0393. The smallest absolute Gasteiger partial charge is 0.271 e. The Hall–Kier alpha value is -1.90. The van der Waals surface area contributed by atoms with E-state index in [1.165, 1.54) is 12.8 Å². The Balaban J connectivity index is 1.39. The Labute approximate surface area is 187 Å². The van der Waals surface area contributed by atoms with Crippen LogP contribution in [0.4, 0.5) is 0 Å². The van der Waals surface area contributed by atoms with Gasteiger partial charge in [-0.2, -0.15) is 0 Å². The van der Waals surface area contributed by atoms with Crippen LogP contribution in [-0.4, -0.2) is 77.2 Å². The topological polar surface area (TPSA) is 66.8 Å². The molecular weight excluding hydrogens is 412 g/mol. The number of thiophene rings is 1. The van der Waals surface area contributed by atoms with Crippen molar-refractivity contribution in [1.29, 1.82) is 0 Å². The highest BCUT2D eigenvalue weighted by atomic mass is 32.1. The van der Waals surface area contributed by atoms with Gasteiger partial charge in [-0.15, -0.1) is 11.3 Å². The van der Waals surface area contributed by atoms with Crippen LogP contribution in [0.2, 0.25) is 0 Å². The molecular formula is C23H32N4O3S. The van der Waals surface area contributed by atoms with Gasteiger partial charge in [0.25, 0.3) is 5.91 Å². The molecule has 168 valence electrons. The van der Waals surface area contributed by atoms with Crippen molar-refractivity contribution in [3.8, 4) is 0 Å². The molecule has 0 spiro atoms. The molecule has 4 heterocycles. The number of amides is 2. The van der Waals surface area contributed by atoms with Gasteiger partial charge in [0.05, 0.1) is 30.0 Å². The van der Waals surface area contributed by atoms with E-state index in [4.69, 9.17) is 4.74 Å². The third kappa shape index (κ3) is 3.90. The molecule has 3 aliphatic rings. The van der Waals surface area contributed by atoms with Crippen molar-refractivity contribution < 1.29 is 14.3 Å². The number of fused-ring (bicyclic) bond motifs is 3. The van der Waals surface area contributed by atoms with E-state index < -0.39 is 5.54 Å². The number of nitrogens with one attached hydrogen (secondary N) is 1. The van der Waals surface area contributed by atoms with E-state index in [2.05, 4.69) is 20.9 Å². The summed E-state index contributed by atoms with van der Waals surface area (Å²) in [6, 6.07) is 4.29. The van der Waals surface area contributed by atoms with Crippen molar-refractivity contribution in [2.24, 2.45) is 0 Å². The van der Waals surface area contributed by atoms with Gasteiger partial charge < -0.3 is 19.5 Å². The SMILES string of the molecule is C[C@@]1(C(=O)NC2CCCC2)Cn2c(cc3sccc32)C(=O)N1CCCN1CCOCC1. The fraction of sp³-hybridized carbons (Fsp3) is 0.652. The molecule has 0 bridgehead atoms. The second-order valence-electron chi connectivity index (χ2n) is 9.28. The quantitative estimate of drug-likeness (QED) is 0.744. The molecule has 1 N–H and O–H groups in total. The van der Waals surface area contributed by atoms with Crippen LogP contribution in [-0.2, 0) is 16.1 Å². The second kappa shape index (κ2) is 8.56. The molecule has 1 aliphatic carbocycles. The molecule has 31 heavy (non-hydrogen) atoms. The van der Waals surface area contributed by atoms with E-state index in [0.717, 1.165) is 62.3 Å². The van der Waals surface area contributed by atoms with E-state index >= 15 is 0 Å². The maximum absolute atomic E-state index is 13.6. The van der Waals surface area contributed by atoms with Crippen LogP contribution >= 0.6 is 11.3 Å². The number of aromatic nitrogens is 1. The summed E-state index contributed by atoms with van der Waals surface area (Å²) < 4.78 is 8.61.